The molecule has 1 aromatic carbocycles. The van der Waals surface area contributed by atoms with Gasteiger partial charge in [-0.05, 0) is 36.6 Å². The Morgan fingerprint density at radius 3 is 2.33 bits per heavy atom. The fraction of sp³-hybridized carbons (Fsp3) is 0.450. The third kappa shape index (κ3) is 6.21. The van der Waals surface area contributed by atoms with Crippen molar-refractivity contribution in [2.24, 2.45) is 0 Å². The maximum Gasteiger partial charge on any atom is 0.246 e. The number of nitrogens with one attached hydrogen (secondary N) is 2. The number of hydrogen-bond donors (Lipinski definition) is 2. The molecule has 144 valence electrons. The van der Waals surface area contributed by atoms with Crippen molar-refractivity contribution in [3.63, 3.8) is 0 Å². The Labute approximate surface area is 159 Å². The fourth-order valence-corrected chi connectivity index (χ4v) is 2.98. The minimum atomic E-state index is -0.113. The molecule has 7 heteroatoms. The van der Waals surface area contributed by atoms with Crippen molar-refractivity contribution in [3.05, 3.63) is 35.9 Å². The first-order chi connectivity index (χ1) is 13.0. The number of piperazine rings is 1. The van der Waals surface area contributed by atoms with Gasteiger partial charge in [-0.15, -0.1) is 0 Å². The van der Waals surface area contributed by atoms with Crippen molar-refractivity contribution >= 4 is 29.5 Å². The predicted octanol–water partition coefficient (Wildman–Crippen LogP) is 1.08. The Balaban J connectivity index is 1.42. The summed E-state index contributed by atoms with van der Waals surface area (Å²) < 4.78 is 0. The molecule has 7 nitrogen and oxygen atoms in total. The van der Waals surface area contributed by atoms with Crippen LogP contribution in [0.25, 0.3) is 6.08 Å². The van der Waals surface area contributed by atoms with Gasteiger partial charge in [0.2, 0.25) is 17.7 Å². The van der Waals surface area contributed by atoms with Crippen molar-refractivity contribution in [2.75, 3.05) is 38.0 Å². The number of nitrogens with zero attached hydrogens (tertiary/aromatic N) is 2. The van der Waals surface area contributed by atoms with Crippen LogP contribution in [0, 0.1) is 0 Å². The van der Waals surface area contributed by atoms with E-state index < -0.39 is 0 Å². The monoisotopic (exact) mass is 370 g/mol. The van der Waals surface area contributed by atoms with Gasteiger partial charge < -0.3 is 15.5 Å². The SMILES string of the molecule is CC(=O)Nc1ccc(/C=C/C(=O)N2CCN(CC(=O)NC3CC3)CC2)cc1. The lowest BCUT2D eigenvalue weighted by Gasteiger charge is -2.33. The van der Waals surface area contributed by atoms with Crippen LogP contribution in [0.2, 0.25) is 0 Å². The van der Waals surface area contributed by atoms with E-state index in [0.29, 0.717) is 38.8 Å². The summed E-state index contributed by atoms with van der Waals surface area (Å²) in [5, 5.41) is 5.70. The summed E-state index contributed by atoms with van der Waals surface area (Å²) in [5.74, 6) is -0.0551. The minimum absolute atomic E-state index is 0.0250. The summed E-state index contributed by atoms with van der Waals surface area (Å²) in [7, 11) is 0. The summed E-state index contributed by atoms with van der Waals surface area (Å²) in [6, 6.07) is 7.70. The molecule has 1 aromatic rings. The topological polar surface area (TPSA) is 81.8 Å². The van der Waals surface area contributed by atoms with Crippen molar-refractivity contribution in [1.29, 1.82) is 0 Å². The van der Waals surface area contributed by atoms with E-state index in [0.717, 1.165) is 24.1 Å². The van der Waals surface area contributed by atoms with Gasteiger partial charge in [0.25, 0.3) is 0 Å². The third-order valence-electron chi connectivity index (χ3n) is 4.64. The number of rotatable bonds is 6. The van der Waals surface area contributed by atoms with E-state index in [2.05, 4.69) is 15.5 Å². The van der Waals surface area contributed by atoms with E-state index in [1.165, 1.54) is 6.92 Å². The van der Waals surface area contributed by atoms with Crippen LogP contribution in [-0.2, 0) is 14.4 Å². The fourth-order valence-electron chi connectivity index (χ4n) is 2.98. The van der Waals surface area contributed by atoms with Crippen LogP contribution in [0.4, 0.5) is 5.69 Å². The van der Waals surface area contributed by atoms with Gasteiger partial charge in [-0.25, -0.2) is 0 Å². The zero-order chi connectivity index (χ0) is 19.2. The maximum atomic E-state index is 12.4. The first kappa shape index (κ1) is 19.1. The number of carbonyl (C=O) groups excluding carboxylic acids is 3. The van der Waals surface area contributed by atoms with Gasteiger partial charge >= 0.3 is 0 Å². The largest absolute Gasteiger partial charge is 0.352 e. The lowest BCUT2D eigenvalue weighted by atomic mass is 10.2. The third-order valence-corrected chi connectivity index (χ3v) is 4.64. The van der Waals surface area contributed by atoms with Gasteiger partial charge in [0.05, 0.1) is 6.54 Å². The van der Waals surface area contributed by atoms with Crippen LogP contribution < -0.4 is 10.6 Å². The van der Waals surface area contributed by atoms with Gasteiger partial charge in [0, 0.05) is 50.9 Å². The molecular weight excluding hydrogens is 344 g/mol. The molecule has 2 fully saturated rings. The van der Waals surface area contributed by atoms with Crippen LogP contribution in [0.5, 0.6) is 0 Å². The van der Waals surface area contributed by atoms with Crippen LogP contribution in [-0.4, -0.2) is 66.3 Å². The summed E-state index contributed by atoms with van der Waals surface area (Å²) >= 11 is 0. The molecule has 3 amide bonds. The van der Waals surface area contributed by atoms with Crippen LogP contribution >= 0.6 is 0 Å². The van der Waals surface area contributed by atoms with Crippen molar-refractivity contribution in [3.8, 4) is 0 Å². The molecule has 1 aliphatic heterocycles. The number of carbonyl (C=O) groups is 3. The molecule has 0 atom stereocenters. The minimum Gasteiger partial charge on any atom is -0.352 e. The highest BCUT2D eigenvalue weighted by Gasteiger charge is 2.25. The average molecular weight is 370 g/mol. The lowest BCUT2D eigenvalue weighted by Crippen LogP contribution is -2.51. The molecular formula is C20H26N4O3. The smallest absolute Gasteiger partial charge is 0.246 e. The molecule has 2 aliphatic rings. The Kier molecular flexibility index (Phi) is 6.24. The van der Waals surface area contributed by atoms with E-state index in [1.807, 2.05) is 12.1 Å². The molecule has 0 aromatic heterocycles. The standard InChI is InChI=1S/C20H26N4O3/c1-15(25)21-17-5-2-16(3-6-17)4-9-20(27)24-12-10-23(11-13-24)14-19(26)22-18-7-8-18/h2-6,9,18H,7-8,10-14H2,1H3,(H,21,25)(H,22,26)/b9-4+. The number of benzene rings is 1. The van der Waals surface area contributed by atoms with E-state index in [9.17, 15) is 14.4 Å². The van der Waals surface area contributed by atoms with E-state index >= 15 is 0 Å². The number of anilines is 1. The summed E-state index contributed by atoms with van der Waals surface area (Å²) in [5.41, 5.74) is 1.63. The van der Waals surface area contributed by atoms with Gasteiger partial charge in [0.15, 0.2) is 0 Å². The Morgan fingerprint density at radius 2 is 1.74 bits per heavy atom. The van der Waals surface area contributed by atoms with Crippen molar-refractivity contribution in [1.82, 2.24) is 15.1 Å². The molecule has 1 saturated carbocycles. The molecule has 1 saturated heterocycles. The number of hydrogen-bond acceptors (Lipinski definition) is 4. The second-order valence-electron chi connectivity index (χ2n) is 7.08. The molecule has 0 unspecified atom stereocenters. The quantitative estimate of drug-likeness (QED) is 0.735. The predicted molar refractivity (Wildman–Crippen MR) is 104 cm³/mol. The number of amides is 3. The molecule has 1 heterocycles. The maximum absolute atomic E-state index is 12.4. The average Bonchev–Trinajstić information content (AvgIpc) is 3.45. The highest BCUT2D eigenvalue weighted by Crippen LogP contribution is 2.18. The molecule has 3 rings (SSSR count). The summed E-state index contributed by atoms with van der Waals surface area (Å²) in [6.45, 7) is 4.55. The van der Waals surface area contributed by atoms with E-state index in [4.69, 9.17) is 0 Å². The van der Waals surface area contributed by atoms with Crippen LogP contribution in [0.15, 0.2) is 30.3 Å². The Hall–Kier alpha value is -2.67. The highest BCUT2D eigenvalue weighted by molar-refractivity contribution is 5.92. The van der Waals surface area contributed by atoms with E-state index in [1.54, 1.807) is 29.2 Å². The van der Waals surface area contributed by atoms with Gasteiger partial charge in [-0.2, -0.15) is 0 Å². The van der Waals surface area contributed by atoms with Crippen LogP contribution in [0.3, 0.4) is 0 Å². The molecule has 1 aliphatic carbocycles. The summed E-state index contributed by atoms with van der Waals surface area (Å²) in [6.07, 6.45) is 5.53. The van der Waals surface area contributed by atoms with E-state index in [-0.39, 0.29) is 17.7 Å². The lowest BCUT2D eigenvalue weighted by molar-refractivity contribution is -0.128. The second-order valence-corrected chi connectivity index (χ2v) is 7.08. The van der Waals surface area contributed by atoms with Crippen molar-refractivity contribution < 1.29 is 14.4 Å². The first-order valence-corrected chi connectivity index (χ1v) is 9.36. The van der Waals surface area contributed by atoms with Gasteiger partial charge in [-0.3, -0.25) is 19.3 Å². The second kappa shape index (κ2) is 8.81. The molecule has 0 bridgehead atoms. The summed E-state index contributed by atoms with van der Waals surface area (Å²) in [4.78, 5) is 39.1. The first-order valence-electron chi connectivity index (χ1n) is 9.36. The Morgan fingerprint density at radius 1 is 1.07 bits per heavy atom. The zero-order valence-electron chi connectivity index (χ0n) is 15.6. The van der Waals surface area contributed by atoms with Crippen molar-refractivity contribution in [2.45, 2.75) is 25.8 Å². The van der Waals surface area contributed by atoms with Gasteiger partial charge in [-0.1, -0.05) is 12.1 Å². The van der Waals surface area contributed by atoms with Crippen LogP contribution in [0.1, 0.15) is 25.3 Å². The molecule has 27 heavy (non-hydrogen) atoms. The normalized spacial score (nSPS) is 17.7. The molecule has 2 N–H and O–H groups in total. The Bertz CT molecular complexity index is 717. The molecule has 0 radical (unpaired) electrons. The van der Waals surface area contributed by atoms with Gasteiger partial charge in [0.1, 0.15) is 0 Å². The zero-order valence-corrected chi connectivity index (χ0v) is 15.6. The highest BCUT2D eigenvalue weighted by atomic mass is 16.2. The molecule has 0 spiro atoms.